The van der Waals surface area contributed by atoms with Crippen LogP contribution < -0.4 is 10.2 Å². The molecule has 1 N–H and O–H groups in total. The number of carbonyl (C=O) groups is 2. The number of aromatic nitrogens is 2. The highest BCUT2D eigenvalue weighted by atomic mass is 16.2. The Morgan fingerprint density at radius 3 is 2.73 bits per heavy atom. The number of benzene rings is 1. The van der Waals surface area contributed by atoms with Crippen LogP contribution in [0.4, 0.5) is 11.4 Å². The van der Waals surface area contributed by atoms with E-state index in [9.17, 15) is 9.59 Å². The van der Waals surface area contributed by atoms with Gasteiger partial charge in [0.2, 0.25) is 5.91 Å². The predicted octanol–water partition coefficient (Wildman–Crippen LogP) is 1.95. The molecule has 0 spiro atoms. The molecule has 6 heteroatoms. The maximum absolute atomic E-state index is 12.1. The molecule has 112 valence electrons. The topological polar surface area (TPSA) is 75.2 Å². The smallest absolute Gasteiger partial charge is 0.275 e. The number of carbonyl (C=O) groups excluding carboxylic acids is 2. The highest BCUT2D eigenvalue weighted by Crippen LogP contribution is 2.30. The molecule has 22 heavy (non-hydrogen) atoms. The summed E-state index contributed by atoms with van der Waals surface area (Å²) >= 11 is 0. The van der Waals surface area contributed by atoms with Crippen LogP contribution >= 0.6 is 0 Å². The lowest BCUT2D eigenvalue weighted by Crippen LogP contribution is -2.25. The first-order valence-corrected chi connectivity index (χ1v) is 7.05. The Morgan fingerprint density at radius 1 is 1.23 bits per heavy atom. The Labute approximate surface area is 128 Å². The number of anilines is 2. The number of fused-ring (bicyclic) bond motifs is 1. The lowest BCUT2D eigenvalue weighted by atomic mass is 10.1. The molecular formula is C16H16N4O2. The van der Waals surface area contributed by atoms with Gasteiger partial charge in [0.15, 0.2) is 0 Å². The number of rotatable bonds is 2. The molecule has 0 radical (unpaired) electrons. The Kier molecular flexibility index (Phi) is 3.58. The zero-order valence-electron chi connectivity index (χ0n) is 12.5. The molecule has 2 heterocycles. The molecule has 0 atom stereocenters. The Bertz CT molecular complexity index is 740. The van der Waals surface area contributed by atoms with Crippen molar-refractivity contribution < 1.29 is 9.59 Å². The molecule has 0 fully saturated rings. The van der Waals surface area contributed by atoms with Crippen molar-refractivity contribution in [3.05, 3.63) is 47.5 Å². The van der Waals surface area contributed by atoms with Crippen molar-refractivity contribution in [3.8, 4) is 0 Å². The first kappa shape index (κ1) is 14.2. The van der Waals surface area contributed by atoms with Gasteiger partial charge in [-0.1, -0.05) is 0 Å². The van der Waals surface area contributed by atoms with Gasteiger partial charge >= 0.3 is 0 Å². The summed E-state index contributed by atoms with van der Waals surface area (Å²) in [7, 11) is 0. The van der Waals surface area contributed by atoms with E-state index in [4.69, 9.17) is 0 Å². The van der Waals surface area contributed by atoms with E-state index in [2.05, 4.69) is 15.3 Å². The van der Waals surface area contributed by atoms with Crippen LogP contribution in [0.1, 0.15) is 28.7 Å². The lowest BCUT2D eigenvalue weighted by Gasteiger charge is -2.15. The van der Waals surface area contributed by atoms with E-state index in [1.807, 2.05) is 19.1 Å². The zero-order valence-corrected chi connectivity index (χ0v) is 12.5. The summed E-state index contributed by atoms with van der Waals surface area (Å²) < 4.78 is 0. The second-order valence-corrected chi connectivity index (χ2v) is 5.26. The molecule has 0 saturated heterocycles. The van der Waals surface area contributed by atoms with Crippen molar-refractivity contribution in [2.45, 2.75) is 20.3 Å². The second-order valence-electron chi connectivity index (χ2n) is 5.26. The summed E-state index contributed by atoms with van der Waals surface area (Å²) in [6, 6.07) is 5.55. The van der Waals surface area contributed by atoms with Gasteiger partial charge in [-0.15, -0.1) is 0 Å². The lowest BCUT2D eigenvalue weighted by molar-refractivity contribution is -0.116. The molecule has 1 aliphatic rings. The molecule has 0 unspecified atom stereocenters. The van der Waals surface area contributed by atoms with Gasteiger partial charge in [0.1, 0.15) is 5.69 Å². The second kappa shape index (κ2) is 5.55. The Morgan fingerprint density at radius 2 is 2.05 bits per heavy atom. The van der Waals surface area contributed by atoms with Gasteiger partial charge in [0, 0.05) is 31.0 Å². The number of hydrogen-bond acceptors (Lipinski definition) is 4. The molecule has 1 aromatic heterocycles. The van der Waals surface area contributed by atoms with Gasteiger partial charge in [0.25, 0.3) is 5.91 Å². The maximum atomic E-state index is 12.1. The first-order chi connectivity index (χ1) is 10.5. The number of aryl methyl sites for hydroxylation is 1. The van der Waals surface area contributed by atoms with Crippen LogP contribution in [0.3, 0.4) is 0 Å². The zero-order chi connectivity index (χ0) is 15.7. The average Bonchev–Trinajstić information content (AvgIpc) is 2.91. The monoisotopic (exact) mass is 296 g/mol. The fourth-order valence-corrected chi connectivity index (χ4v) is 2.51. The molecule has 0 bridgehead atoms. The summed E-state index contributed by atoms with van der Waals surface area (Å²) in [6.45, 7) is 4.06. The first-order valence-electron chi connectivity index (χ1n) is 7.05. The summed E-state index contributed by atoms with van der Waals surface area (Å²) in [5.74, 6) is -0.265. The van der Waals surface area contributed by atoms with Crippen molar-refractivity contribution in [2.75, 3.05) is 16.8 Å². The molecule has 0 saturated carbocycles. The van der Waals surface area contributed by atoms with Crippen LogP contribution in [-0.4, -0.2) is 28.3 Å². The van der Waals surface area contributed by atoms with Crippen LogP contribution in [0.2, 0.25) is 0 Å². The fraction of sp³-hybridized carbons (Fsp3) is 0.250. The minimum atomic E-state index is -0.297. The molecule has 6 nitrogen and oxygen atoms in total. The number of nitrogens with zero attached hydrogens (tertiary/aromatic N) is 3. The van der Waals surface area contributed by atoms with E-state index in [1.54, 1.807) is 24.1 Å². The predicted molar refractivity (Wildman–Crippen MR) is 82.9 cm³/mol. The van der Waals surface area contributed by atoms with Crippen molar-refractivity contribution in [3.63, 3.8) is 0 Å². The molecule has 0 aliphatic carbocycles. The van der Waals surface area contributed by atoms with Crippen LogP contribution in [0.25, 0.3) is 0 Å². The molecule has 2 aromatic rings. The van der Waals surface area contributed by atoms with Gasteiger partial charge in [0.05, 0.1) is 11.9 Å². The third-order valence-electron chi connectivity index (χ3n) is 3.63. The largest absolute Gasteiger partial charge is 0.321 e. The van der Waals surface area contributed by atoms with Gasteiger partial charge in [-0.05, 0) is 37.1 Å². The Hall–Kier alpha value is -2.76. The van der Waals surface area contributed by atoms with Crippen molar-refractivity contribution >= 4 is 23.2 Å². The SMILES string of the molecule is CC(=O)N1CCc2cc(NC(=O)c3cnc(C)cn3)ccc21. The highest BCUT2D eigenvalue weighted by molar-refractivity contribution is 6.03. The van der Waals surface area contributed by atoms with Gasteiger partial charge < -0.3 is 10.2 Å². The van der Waals surface area contributed by atoms with Crippen molar-refractivity contribution in [1.82, 2.24) is 9.97 Å². The highest BCUT2D eigenvalue weighted by Gasteiger charge is 2.22. The van der Waals surface area contributed by atoms with Gasteiger partial charge in [-0.2, -0.15) is 0 Å². The minimum Gasteiger partial charge on any atom is -0.321 e. The van der Waals surface area contributed by atoms with Gasteiger partial charge in [-0.3, -0.25) is 14.6 Å². The molecule has 2 amide bonds. The molecule has 3 rings (SSSR count). The average molecular weight is 296 g/mol. The Balaban J connectivity index is 1.78. The van der Waals surface area contributed by atoms with E-state index in [0.717, 1.165) is 23.4 Å². The van der Waals surface area contributed by atoms with E-state index in [-0.39, 0.29) is 17.5 Å². The van der Waals surface area contributed by atoms with Crippen molar-refractivity contribution in [1.29, 1.82) is 0 Å². The quantitative estimate of drug-likeness (QED) is 0.919. The van der Waals surface area contributed by atoms with E-state index in [1.165, 1.54) is 6.20 Å². The van der Waals surface area contributed by atoms with Crippen LogP contribution in [0.15, 0.2) is 30.6 Å². The number of nitrogens with one attached hydrogen (secondary N) is 1. The fourth-order valence-electron chi connectivity index (χ4n) is 2.51. The summed E-state index contributed by atoms with van der Waals surface area (Å²) in [4.78, 5) is 33.5. The number of hydrogen-bond donors (Lipinski definition) is 1. The van der Waals surface area contributed by atoms with Crippen LogP contribution in [-0.2, 0) is 11.2 Å². The minimum absolute atomic E-state index is 0.0328. The third kappa shape index (κ3) is 2.67. The van der Waals surface area contributed by atoms with Crippen LogP contribution in [0, 0.1) is 6.92 Å². The summed E-state index contributed by atoms with van der Waals surface area (Å²) in [6.07, 6.45) is 3.81. The molecule has 1 aliphatic heterocycles. The van der Waals surface area contributed by atoms with E-state index >= 15 is 0 Å². The standard InChI is InChI=1S/C16H16N4O2/c1-10-8-18-14(9-17-10)16(22)19-13-3-4-15-12(7-13)5-6-20(15)11(2)21/h3-4,7-9H,5-6H2,1-2H3,(H,19,22). The van der Waals surface area contributed by atoms with Gasteiger partial charge in [-0.25, -0.2) is 4.98 Å². The maximum Gasteiger partial charge on any atom is 0.275 e. The van der Waals surface area contributed by atoms with E-state index in [0.29, 0.717) is 12.2 Å². The summed E-state index contributed by atoms with van der Waals surface area (Å²) in [5, 5.41) is 2.81. The normalized spacial score (nSPS) is 12.9. The van der Waals surface area contributed by atoms with E-state index < -0.39 is 0 Å². The van der Waals surface area contributed by atoms with Crippen LogP contribution in [0.5, 0.6) is 0 Å². The van der Waals surface area contributed by atoms with Crippen molar-refractivity contribution in [2.24, 2.45) is 0 Å². The molecule has 1 aromatic carbocycles. The molecular weight excluding hydrogens is 280 g/mol. The third-order valence-corrected chi connectivity index (χ3v) is 3.63. The summed E-state index contributed by atoms with van der Waals surface area (Å²) in [5.41, 5.74) is 3.70. The number of amides is 2.